The van der Waals surface area contributed by atoms with Crippen LogP contribution in [-0.2, 0) is 9.47 Å². The maximum absolute atomic E-state index is 12.6. The average Bonchev–Trinajstić information content (AvgIpc) is 2.48. The molecule has 0 bridgehead atoms. The van der Waals surface area contributed by atoms with Crippen LogP contribution < -0.4 is 0 Å². The number of rotatable bonds is 0. The van der Waals surface area contributed by atoms with Gasteiger partial charge in [-0.3, -0.25) is 9.47 Å². The van der Waals surface area contributed by atoms with Crippen molar-refractivity contribution in [1.82, 2.24) is 0 Å². The summed E-state index contributed by atoms with van der Waals surface area (Å²) in [5, 5.41) is -11.5. The Balaban J connectivity index is 3.76. The van der Waals surface area contributed by atoms with Crippen LogP contribution in [0.3, 0.4) is 0 Å². The van der Waals surface area contributed by atoms with E-state index in [1.54, 1.807) is 0 Å². The van der Waals surface area contributed by atoms with E-state index >= 15 is 0 Å². The summed E-state index contributed by atoms with van der Waals surface area (Å²) < 4.78 is 156. The van der Waals surface area contributed by atoms with Gasteiger partial charge in [-0.25, -0.2) is 0 Å². The van der Waals surface area contributed by atoms with Gasteiger partial charge in [-0.2, -0.15) is 52.7 Å². The Morgan fingerprint density at radius 3 is 0.826 bits per heavy atom. The molecule has 16 heteroatoms. The quantitative estimate of drug-likeness (QED) is 0.416. The van der Waals surface area contributed by atoms with Gasteiger partial charge >= 0.3 is 30.5 Å². The molecule has 0 aromatic rings. The zero-order valence-corrected chi connectivity index (χ0v) is 11.1. The molecule has 2 atom stereocenters. The van der Waals surface area contributed by atoms with Crippen molar-refractivity contribution in [2.24, 2.45) is 0 Å². The fourth-order valence-electron chi connectivity index (χ4n) is 1.42. The first-order valence-corrected chi connectivity index (χ1v) is 5.47. The van der Waals surface area contributed by atoms with Crippen molar-refractivity contribution >= 4 is 23.2 Å². The molecule has 0 saturated carbocycles. The van der Waals surface area contributed by atoms with Crippen LogP contribution in [0.5, 0.6) is 0 Å². The second-order valence-electron chi connectivity index (χ2n) is 4.00. The normalized spacial score (nSPS) is 33.1. The summed E-state index contributed by atoms with van der Waals surface area (Å²) in [6.07, 6.45) is -27.1. The molecule has 1 aliphatic rings. The van der Waals surface area contributed by atoms with Gasteiger partial charge in [-0.1, -0.05) is 23.2 Å². The van der Waals surface area contributed by atoms with Crippen molar-refractivity contribution in [2.45, 2.75) is 40.6 Å². The van der Waals surface area contributed by atoms with Crippen LogP contribution in [0.4, 0.5) is 52.7 Å². The molecule has 1 saturated heterocycles. The third-order valence-electron chi connectivity index (χ3n) is 2.46. The van der Waals surface area contributed by atoms with Crippen molar-refractivity contribution in [3.05, 3.63) is 0 Å². The summed E-state index contributed by atoms with van der Waals surface area (Å²) in [7, 11) is 0. The monoisotopic (exact) mass is 414 g/mol. The highest BCUT2D eigenvalue weighted by Gasteiger charge is 2.93. The minimum atomic E-state index is -6.93. The molecule has 0 aromatic heterocycles. The van der Waals surface area contributed by atoms with Crippen LogP contribution in [0.15, 0.2) is 0 Å². The molecule has 2 nitrogen and oxygen atoms in total. The van der Waals surface area contributed by atoms with Crippen LogP contribution >= 0.6 is 23.2 Å². The number of hydrogen-bond acceptors (Lipinski definition) is 2. The maximum Gasteiger partial charge on any atom is 0.453 e. The number of halogens is 14. The van der Waals surface area contributed by atoms with Gasteiger partial charge in [0, 0.05) is 0 Å². The summed E-state index contributed by atoms with van der Waals surface area (Å²) in [6, 6.07) is 0. The van der Waals surface area contributed by atoms with Gasteiger partial charge in [0.15, 0.2) is 0 Å². The lowest BCUT2D eigenvalue weighted by Crippen LogP contribution is -2.61. The Bertz CT molecular complexity index is 434. The van der Waals surface area contributed by atoms with Crippen LogP contribution in [-0.4, -0.2) is 40.6 Å². The van der Waals surface area contributed by atoms with Crippen LogP contribution in [0.1, 0.15) is 0 Å². The number of alkyl halides is 14. The molecule has 1 rings (SSSR count). The summed E-state index contributed by atoms with van der Waals surface area (Å²) in [4.78, 5) is 0. The molecule has 0 N–H and O–H groups in total. The molecule has 1 fully saturated rings. The molecule has 0 spiro atoms. The van der Waals surface area contributed by atoms with E-state index in [0.29, 0.717) is 0 Å². The minimum Gasteiger partial charge on any atom is -0.300 e. The summed E-state index contributed by atoms with van der Waals surface area (Å²) in [6.45, 7) is 0. The van der Waals surface area contributed by atoms with Gasteiger partial charge in [0.2, 0.25) is 0 Å². The molecule has 138 valence electrons. The Labute approximate surface area is 127 Å². The SMILES string of the molecule is FC(F)(F)C1(Cl)OC(C(F)(F)F)(C(F)(F)F)OC1(Cl)C(F)(F)F. The largest absolute Gasteiger partial charge is 0.453 e. The maximum atomic E-state index is 12.6. The summed E-state index contributed by atoms with van der Waals surface area (Å²) in [5.41, 5.74) is 0. The molecular weight excluding hydrogens is 415 g/mol. The highest BCUT2D eigenvalue weighted by Crippen LogP contribution is 2.67. The summed E-state index contributed by atoms with van der Waals surface area (Å²) >= 11 is 8.62. The first-order chi connectivity index (χ1) is 9.66. The third-order valence-corrected chi connectivity index (χ3v) is 3.67. The standard InChI is InChI=1S/C7Cl2F12O2/c8-1(4(10,11)12)2(9,5(13,14)15)23-3(22-1,6(16,17)18)7(19,20)21. The summed E-state index contributed by atoms with van der Waals surface area (Å²) in [5.74, 6) is -6.35. The zero-order chi connectivity index (χ0) is 18.9. The average molecular weight is 415 g/mol. The third kappa shape index (κ3) is 2.61. The lowest BCUT2D eigenvalue weighted by atomic mass is 10.1. The number of hydrogen-bond donors (Lipinski definition) is 0. The Morgan fingerprint density at radius 2 is 0.696 bits per heavy atom. The highest BCUT2D eigenvalue weighted by atomic mass is 35.5. The van der Waals surface area contributed by atoms with Crippen molar-refractivity contribution in [3.63, 3.8) is 0 Å². The van der Waals surface area contributed by atoms with Gasteiger partial charge < -0.3 is 0 Å². The highest BCUT2D eigenvalue weighted by molar-refractivity contribution is 6.34. The Hall–Kier alpha value is -0.340. The van der Waals surface area contributed by atoms with Crippen LogP contribution in [0.25, 0.3) is 0 Å². The molecule has 23 heavy (non-hydrogen) atoms. The lowest BCUT2D eigenvalue weighted by Gasteiger charge is -2.34. The van der Waals surface area contributed by atoms with Gasteiger partial charge in [0.1, 0.15) is 0 Å². The molecule has 0 aromatic carbocycles. The van der Waals surface area contributed by atoms with Crippen molar-refractivity contribution in [1.29, 1.82) is 0 Å². The molecule has 0 amide bonds. The predicted molar refractivity (Wildman–Crippen MR) is 46.3 cm³/mol. The topological polar surface area (TPSA) is 18.5 Å². The van der Waals surface area contributed by atoms with E-state index < -0.39 is 40.6 Å². The van der Waals surface area contributed by atoms with Crippen molar-refractivity contribution < 1.29 is 62.2 Å². The zero-order valence-electron chi connectivity index (χ0n) is 9.61. The van der Waals surface area contributed by atoms with Gasteiger partial charge in [0.05, 0.1) is 0 Å². The molecule has 0 radical (unpaired) electrons. The predicted octanol–water partition coefficient (Wildman–Crippen LogP) is 4.85. The Kier molecular flexibility index (Phi) is 4.37. The van der Waals surface area contributed by atoms with E-state index in [4.69, 9.17) is 0 Å². The lowest BCUT2D eigenvalue weighted by molar-refractivity contribution is -0.456. The van der Waals surface area contributed by atoms with E-state index in [9.17, 15) is 52.7 Å². The first kappa shape index (κ1) is 20.7. The van der Waals surface area contributed by atoms with E-state index in [1.807, 2.05) is 0 Å². The van der Waals surface area contributed by atoms with E-state index in [-0.39, 0.29) is 0 Å². The molecule has 0 aliphatic carbocycles. The fraction of sp³-hybridized carbons (Fsp3) is 1.00. The van der Waals surface area contributed by atoms with E-state index in [1.165, 1.54) is 0 Å². The first-order valence-electron chi connectivity index (χ1n) is 4.71. The van der Waals surface area contributed by atoms with Crippen molar-refractivity contribution in [3.8, 4) is 0 Å². The minimum absolute atomic E-state index is 2.59. The van der Waals surface area contributed by atoms with E-state index in [0.717, 1.165) is 0 Å². The molecule has 2 unspecified atom stereocenters. The van der Waals surface area contributed by atoms with E-state index in [2.05, 4.69) is 32.7 Å². The van der Waals surface area contributed by atoms with Crippen molar-refractivity contribution in [2.75, 3.05) is 0 Å². The smallest absolute Gasteiger partial charge is 0.300 e. The van der Waals surface area contributed by atoms with Gasteiger partial charge in [-0.15, -0.1) is 0 Å². The second-order valence-corrected chi connectivity index (χ2v) is 5.07. The van der Waals surface area contributed by atoms with Crippen LogP contribution in [0.2, 0.25) is 0 Å². The van der Waals surface area contributed by atoms with Gasteiger partial charge in [-0.05, 0) is 0 Å². The molecule has 1 heterocycles. The Morgan fingerprint density at radius 1 is 0.478 bits per heavy atom. The molecular formula is C7Cl2F12O2. The second kappa shape index (κ2) is 4.85. The van der Waals surface area contributed by atoms with Gasteiger partial charge in [0.25, 0.3) is 10.1 Å². The number of ether oxygens (including phenoxy) is 2. The van der Waals surface area contributed by atoms with Crippen LogP contribution in [0, 0.1) is 0 Å². The molecule has 1 aliphatic heterocycles. The fourth-order valence-corrected chi connectivity index (χ4v) is 1.93.